The minimum absolute atomic E-state index is 0.0125. The Balaban J connectivity index is 1.93. The second-order valence-corrected chi connectivity index (χ2v) is 10.3. The van der Waals surface area contributed by atoms with E-state index in [1.807, 2.05) is 0 Å². The molecule has 2 aliphatic rings. The first-order valence-corrected chi connectivity index (χ1v) is 12.4. The Labute approximate surface area is 207 Å². The van der Waals surface area contributed by atoms with E-state index in [4.69, 9.17) is 0 Å². The second kappa shape index (κ2) is 11.4. The topological polar surface area (TPSA) is 40.5 Å². The zero-order valence-corrected chi connectivity index (χ0v) is 20.4. The van der Waals surface area contributed by atoms with Crippen LogP contribution in [-0.4, -0.2) is 34.7 Å². The quantitative estimate of drug-likeness (QED) is 0.358. The molecule has 1 unspecified atom stereocenters. The number of allylic oxidation sites excluding steroid dienone is 3. The number of carbonyl (C=O) groups is 1. The van der Waals surface area contributed by atoms with Gasteiger partial charge in [0.15, 0.2) is 0 Å². The number of rotatable bonds is 8. The average Bonchev–Trinajstić information content (AvgIpc) is 2.78. The highest BCUT2D eigenvalue weighted by Gasteiger charge is 2.40. The third kappa shape index (κ3) is 7.37. The maximum absolute atomic E-state index is 13.2. The molecule has 1 heterocycles. The molecule has 200 valence electrons. The molecule has 1 aromatic rings. The first-order valence-electron chi connectivity index (χ1n) is 12.4. The minimum atomic E-state index is -4.45. The predicted octanol–water partition coefficient (Wildman–Crippen LogP) is 7.80. The molecule has 1 aliphatic carbocycles. The summed E-state index contributed by atoms with van der Waals surface area (Å²) in [6, 6.07) is 4.70. The number of likely N-dealkylation sites (tertiary alicyclic amines) is 1. The van der Waals surface area contributed by atoms with E-state index in [9.17, 15) is 36.2 Å². The number of carboxylic acid groups (broad SMARTS) is 1. The second-order valence-electron chi connectivity index (χ2n) is 10.3. The molecule has 4 atom stereocenters. The first-order chi connectivity index (χ1) is 16.8. The summed E-state index contributed by atoms with van der Waals surface area (Å²) in [5.74, 6) is -0.909. The van der Waals surface area contributed by atoms with Crippen molar-refractivity contribution in [1.82, 2.24) is 4.90 Å². The average molecular weight is 518 g/mol. The third-order valence-corrected chi connectivity index (χ3v) is 7.25. The standard InChI is InChI=1S/C27H33F6NO2/c1-17(2)3-12-23(19-4-8-21(9-5-19)26(28,29)30)34-14-13-18(16-25(35)36)15-24(34)20-6-10-22(11-7-20)27(31,32)33/h4-6,8-11,17-18,20,23-24H,3,7,12-16H2,1-2H3,(H,35,36)/t18-,20?,23-,24+/m0/s1. The van der Waals surface area contributed by atoms with Gasteiger partial charge in [-0.25, -0.2) is 0 Å². The smallest absolute Gasteiger partial charge is 0.416 e. The zero-order chi connectivity index (χ0) is 26.7. The van der Waals surface area contributed by atoms with Crippen LogP contribution >= 0.6 is 0 Å². The highest BCUT2D eigenvalue weighted by molar-refractivity contribution is 5.67. The molecule has 36 heavy (non-hydrogen) atoms. The Hall–Kier alpha value is -2.29. The predicted molar refractivity (Wildman–Crippen MR) is 125 cm³/mol. The van der Waals surface area contributed by atoms with Gasteiger partial charge in [0.25, 0.3) is 0 Å². The number of nitrogens with zero attached hydrogens (tertiary/aromatic N) is 1. The van der Waals surface area contributed by atoms with Gasteiger partial charge in [-0.1, -0.05) is 44.2 Å². The van der Waals surface area contributed by atoms with Crippen molar-refractivity contribution in [3.8, 4) is 0 Å². The monoisotopic (exact) mass is 517 g/mol. The molecule has 1 N–H and O–H groups in total. The van der Waals surface area contributed by atoms with Crippen molar-refractivity contribution in [3.05, 3.63) is 59.2 Å². The fourth-order valence-corrected chi connectivity index (χ4v) is 5.37. The van der Waals surface area contributed by atoms with Gasteiger partial charge in [0.05, 0.1) is 11.1 Å². The number of aliphatic carboxylic acids is 1. The molecule has 0 saturated carbocycles. The third-order valence-electron chi connectivity index (χ3n) is 7.25. The molecular formula is C27H33F6NO2. The maximum atomic E-state index is 13.2. The molecule has 3 rings (SSSR count). The molecular weight excluding hydrogens is 484 g/mol. The molecule has 0 spiro atoms. The summed E-state index contributed by atoms with van der Waals surface area (Å²) in [7, 11) is 0. The van der Waals surface area contributed by atoms with E-state index in [0.29, 0.717) is 31.7 Å². The number of piperidine rings is 1. The number of halogens is 6. The van der Waals surface area contributed by atoms with Crippen molar-refractivity contribution in [3.63, 3.8) is 0 Å². The fourth-order valence-electron chi connectivity index (χ4n) is 5.37. The largest absolute Gasteiger partial charge is 0.481 e. The van der Waals surface area contributed by atoms with Crippen LogP contribution in [-0.2, 0) is 11.0 Å². The number of alkyl halides is 6. The van der Waals surface area contributed by atoms with Crippen LogP contribution in [0.5, 0.6) is 0 Å². The molecule has 1 aromatic carbocycles. The summed E-state index contributed by atoms with van der Waals surface area (Å²) in [5.41, 5.74) is -0.690. The van der Waals surface area contributed by atoms with E-state index in [1.165, 1.54) is 18.2 Å². The summed E-state index contributed by atoms with van der Waals surface area (Å²) in [5, 5.41) is 9.32. The number of carboxylic acids is 1. The van der Waals surface area contributed by atoms with Crippen LogP contribution < -0.4 is 0 Å². The fraction of sp³-hybridized carbons (Fsp3) is 0.593. The minimum Gasteiger partial charge on any atom is -0.481 e. The molecule has 1 saturated heterocycles. The van der Waals surface area contributed by atoms with Crippen molar-refractivity contribution >= 4 is 5.97 Å². The van der Waals surface area contributed by atoms with Gasteiger partial charge < -0.3 is 5.11 Å². The van der Waals surface area contributed by atoms with Crippen molar-refractivity contribution in [2.24, 2.45) is 17.8 Å². The van der Waals surface area contributed by atoms with Crippen molar-refractivity contribution < 1.29 is 36.2 Å². The zero-order valence-electron chi connectivity index (χ0n) is 20.4. The van der Waals surface area contributed by atoms with Gasteiger partial charge in [-0.05, 0) is 74.1 Å². The molecule has 0 bridgehead atoms. The van der Waals surface area contributed by atoms with Crippen LogP contribution in [0.4, 0.5) is 26.3 Å². The number of hydrogen-bond donors (Lipinski definition) is 1. The first kappa shape index (κ1) is 28.3. The number of hydrogen-bond acceptors (Lipinski definition) is 2. The van der Waals surface area contributed by atoms with Gasteiger partial charge in [0, 0.05) is 18.5 Å². The Morgan fingerprint density at radius 2 is 1.72 bits per heavy atom. The molecule has 0 amide bonds. The van der Waals surface area contributed by atoms with Crippen LogP contribution in [0.15, 0.2) is 48.1 Å². The summed E-state index contributed by atoms with van der Waals surface area (Å²) in [6.45, 7) is 4.66. The van der Waals surface area contributed by atoms with Gasteiger partial charge in [-0.2, -0.15) is 26.3 Å². The molecule has 0 radical (unpaired) electrons. The Morgan fingerprint density at radius 1 is 1.06 bits per heavy atom. The summed E-state index contributed by atoms with van der Waals surface area (Å²) < 4.78 is 78.9. The van der Waals surface area contributed by atoms with Crippen molar-refractivity contribution in [1.29, 1.82) is 0 Å². The molecule has 9 heteroatoms. The van der Waals surface area contributed by atoms with Gasteiger partial charge in [0.2, 0.25) is 0 Å². The Kier molecular flexibility index (Phi) is 8.96. The van der Waals surface area contributed by atoms with Crippen LogP contribution in [0, 0.1) is 17.8 Å². The summed E-state index contributed by atoms with van der Waals surface area (Å²) in [4.78, 5) is 13.6. The van der Waals surface area contributed by atoms with Crippen LogP contribution in [0.25, 0.3) is 0 Å². The lowest BCUT2D eigenvalue weighted by molar-refractivity contribution is -0.139. The van der Waals surface area contributed by atoms with Crippen LogP contribution in [0.3, 0.4) is 0 Å². The lowest BCUT2D eigenvalue weighted by Crippen LogP contribution is -2.48. The normalized spacial score (nSPS) is 24.6. The van der Waals surface area contributed by atoms with Gasteiger partial charge in [-0.15, -0.1) is 0 Å². The van der Waals surface area contributed by atoms with E-state index in [-0.39, 0.29) is 36.8 Å². The van der Waals surface area contributed by atoms with Gasteiger partial charge in [-0.3, -0.25) is 9.69 Å². The Bertz CT molecular complexity index is 948. The highest BCUT2D eigenvalue weighted by atomic mass is 19.4. The van der Waals surface area contributed by atoms with Crippen LogP contribution in [0.2, 0.25) is 0 Å². The Morgan fingerprint density at radius 3 is 2.22 bits per heavy atom. The van der Waals surface area contributed by atoms with Gasteiger partial charge >= 0.3 is 18.3 Å². The molecule has 1 fully saturated rings. The van der Waals surface area contributed by atoms with Crippen LogP contribution in [0.1, 0.15) is 69.5 Å². The van der Waals surface area contributed by atoms with Crippen molar-refractivity contribution in [2.45, 2.75) is 76.8 Å². The van der Waals surface area contributed by atoms with E-state index in [2.05, 4.69) is 18.7 Å². The highest BCUT2D eigenvalue weighted by Crippen LogP contribution is 2.42. The summed E-state index contributed by atoms with van der Waals surface area (Å²) in [6.07, 6.45) is -2.24. The lowest BCUT2D eigenvalue weighted by atomic mass is 9.77. The van der Waals surface area contributed by atoms with Crippen molar-refractivity contribution in [2.75, 3.05) is 6.54 Å². The molecule has 1 aliphatic heterocycles. The maximum Gasteiger partial charge on any atom is 0.416 e. The number of benzene rings is 1. The van der Waals surface area contributed by atoms with E-state index >= 15 is 0 Å². The van der Waals surface area contributed by atoms with E-state index in [0.717, 1.165) is 30.2 Å². The summed E-state index contributed by atoms with van der Waals surface area (Å²) >= 11 is 0. The van der Waals surface area contributed by atoms with E-state index < -0.39 is 29.5 Å². The lowest BCUT2D eigenvalue weighted by Gasteiger charge is -2.47. The van der Waals surface area contributed by atoms with E-state index in [1.54, 1.807) is 6.08 Å². The molecule has 3 nitrogen and oxygen atoms in total. The SMILES string of the molecule is CC(C)CC[C@@H](c1ccc(C(F)(F)F)cc1)N1CC[C@H](CC(=O)O)C[C@@H]1C1C=CC(C(F)(F)F)=CC1. The van der Waals surface area contributed by atoms with Gasteiger partial charge in [0.1, 0.15) is 0 Å². The molecule has 0 aromatic heterocycles.